The van der Waals surface area contributed by atoms with Crippen LogP contribution >= 0.6 is 9.24 Å². The van der Waals surface area contributed by atoms with Crippen LogP contribution in [0.3, 0.4) is 0 Å². The number of carbonyl (C=O) groups excluding carboxylic acids is 7. The quantitative estimate of drug-likeness (QED) is 0.0487. The Kier molecular flexibility index (Phi) is 22.1. The number of benzene rings is 1. The number of carbonyl (C=O) groups is 7. The van der Waals surface area contributed by atoms with Gasteiger partial charge in [0.2, 0.25) is 30.0 Å². The third-order valence-electron chi connectivity index (χ3n) is 13.1. The number of likely N-dealkylation sites (tertiary alicyclic amines) is 2. The van der Waals surface area contributed by atoms with Gasteiger partial charge in [-0.05, 0) is 91.2 Å². The van der Waals surface area contributed by atoms with Crippen molar-refractivity contribution in [2.24, 2.45) is 0 Å². The number of hydrogen-bond acceptors (Lipinski definition) is 8. The molecule has 1 aromatic carbocycles. The second kappa shape index (κ2) is 27.1. The number of likely N-dealkylation sites (N-methyl/N-ethyl adjacent to an activating group) is 1. The lowest BCUT2D eigenvalue weighted by Crippen LogP contribution is -2.58. The van der Waals surface area contributed by atoms with Crippen molar-refractivity contribution in [1.29, 1.82) is 0 Å². The average Bonchev–Trinajstić information content (AvgIpc) is 4.07. The summed E-state index contributed by atoms with van der Waals surface area (Å²) in [5.41, 5.74) is 1.20. The third kappa shape index (κ3) is 15.6. The molecule has 18 heteroatoms. The van der Waals surface area contributed by atoms with E-state index in [0.29, 0.717) is 58.4 Å². The summed E-state index contributed by atoms with van der Waals surface area (Å²) >= 11 is 0. The van der Waals surface area contributed by atoms with Crippen LogP contribution in [0.15, 0.2) is 30.3 Å². The molecule has 9 atom stereocenters. The lowest BCUT2D eigenvalue weighted by Gasteiger charge is -2.32. The molecule has 1 aliphatic carbocycles. The molecule has 1 aromatic rings. The summed E-state index contributed by atoms with van der Waals surface area (Å²) in [5, 5.41) is 18.0. The van der Waals surface area contributed by atoms with E-state index < -0.39 is 12.1 Å². The lowest BCUT2D eigenvalue weighted by molar-refractivity contribution is -0.141. The first-order valence-corrected chi connectivity index (χ1v) is 24.5. The Hall–Kier alpha value is -4.50. The molecule has 2 saturated heterocycles. The van der Waals surface area contributed by atoms with Gasteiger partial charge in [-0.3, -0.25) is 24.0 Å². The van der Waals surface area contributed by atoms with Crippen LogP contribution in [0.1, 0.15) is 123 Å². The van der Waals surface area contributed by atoms with Gasteiger partial charge in [0.05, 0.1) is 12.6 Å². The van der Waals surface area contributed by atoms with Crippen molar-refractivity contribution < 1.29 is 33.6 Å². The number of rotatable bonds is 25. The van der Waals surface area contributed by atoms with Gasteiger partial charge in [-0.25, -0.2) is 9.59 Å². The van der Waals surface area contributed by atoms with E-state index in [-0.39, 0.29) is 91.1 Å². The van der Waals surface area contributed by atoms with Crippen LogP contribution in [-0.2, 0) is 24.0 Å². The Balaban J connectivity index is 1.22. The third-order valence-corrected chi connectivity index (χ3v) is 13.6. The van der Waals surface area contributed by atoms with E-state index in [1.54, 1.807) is 30.7 Å². The van der Waals surface area contributed by atoms with Crippen molar-refractivity contribution in [2.75, 3.05) is 52.6 Å². The van der Waals surface area contributed by atoms with Crippen LogP contribution < -0.4 is 31.9 Å². The molecular weight excluding hydrogens is 836 g/mol. The van der Waals surface area contributed by atoms with Gasteiger partial charge >= 0.3 is 12.1 Å². The van der Waals surface area contributed by atoms with Gasteiger partial charge in [0.15, 0.2) is 0 Å². The van der Waals surface area contributed by atoms with Gasteiger partial charge in [-0.2, -0.15) is 0 Å². The van der Waals surface area contributed by atoms with Crippen molar-refractivity contribution in [3.63, 3.8) is 0 Å². The molecule has 2 aliphatic heterocycles. The Bertz CT molecular complexity index is 1680. The van der Waals surface area contributed by atoms with Crippen LogP contribution in [-0.4, -0.2) is 157 Å². The van der Waals surface area contributed by atoms with Crippen LogP contribution in [0.2, 0.25) is 0 Å². The highest BCUT2D eigenvalue weighted by Gasteiger charge is 2.40. The Morgan fingerprint density at radius 2 is 1.55 bits per heavy atom. The van der Waals surface area contributed by atoms with Gasteiger partial charge in [0.1, 0.15) is 12.1 Å². The minimum Gasteiger partial charge on any atom is -0.351 e. The summed E-state index contributed by atoms with van der Waals surface area (Å²) in [6.07, 6.45) is 11.0. The topological polar surface area (TPSA) is 205 Å². The monoisotopic (exact) mass is 913 g/mol. The van der Waals surface area contributed by atoms with Crippen LogP contribution in [0.4, 0.5) is 9.59 Å². The van der Waals surface area contributed by atoms with Gasteiger partial charge in [-0.1, -0.05) is 56.5 Å². The van der Waals surface area contributed by atoms with Gasteiger partial charge in [0.25, 0.3) is 0 Å². The lowest BCUT2D eigenvalue weighted by atomic mass is 9.94. The molecule has 9 amide bonds. The number of nitrogens with one attached hydrogen (secondary N) is 6. The fraction of sp³-hybridized carbons (Fsp3) is 0.717. The molecule has 3 fully saturated rings. The van der Waals surface area contributed by atoms with E-state index in [1.807, 2.05) is 36.9 Å². The molecule has 5 unspecified atom stereocenters. The van der Waals surface area contributed by atoms with E-state index in [9.17, 15) is 33.6 Å². The first kappa shape index (κ1) is 52.1. The van der Waals surface area contributed by atoms with Gasteiger partial charge in [0, 0.05) is 75.5 Å². The largest absolute Gasteiger partial charge is 0.351 e. The number of nitrogens with zero attached hydrogens (tertiary/aromatic N) is 4. The second-order valence-electron chi connectivity index (χ2n) is 17.8. The summed E-state index contributed by atoms with van der Waals surface area (Å²) in [7, 11) is 4.24. The molecule has 0 radical (unpaired) electrons. The zero-order chi connectivity index (χ0) is 46.6. The summed E-state index contributed by atoms with van der Waals surface area (Å²) in [6, 6.07) is 7.58. The standard InChI is InChI=1S/C46H77N10O7P/c1-6-41(58)51-39(44(61)55-26-15-20-40(55)43(60)52-38-19-14-18-37(38)35-16-10-9-11-17-35)29-54(31-64)46(63)49-25-13-8-7-12-24-48-45(62)53(28-32(2)50-42(59)34(4)47-5)27-23-36-22-21-33(3)56(36)30-57/h9-11,16-17,30,32-34,36-40,47H,6-8,12-15,18-29,31,64H2,1-5H3,(H,48,62)(H,49,63)(H,50,59)(H,51,58)(H,52,60)/t32?,33?,34?,36-,37?,38+,39+,40+/m1/s1. The highest BCUT2D eigenvalue weighted by molar-refractivity contribution is 7.16. The maximum atomic E-state index is 14.1. The Labute approximate surface area is 383 Å². The minimum atomic E-state index is -1.01. The van der Waals surface area contributed by atoms with Crippen LogP contribution in [0.5, 0.6) is 0 Å². The highest BCUT2D eigenvalue weighted by Crippen LogP contribution is 2.35. The van der Waals surface area contributed by atoms with E-state index in [1.165, 1.54) is 10.5 Å². The first-order chi connectivity index (χ1) is 30.8. The first-order valence-electron chi connectivity index (χ1n) is 23.7. The van der Waals surface area contributed by atoms with E-state index in [4.69, 9.17) is 0 Å². The summed E-state index contributed by atoms with van der Waals surface area (Å²) in [5.74, 6) is -0.778. The molecule has 1 saturated carbocycles. The average molecular weight is 913 g/mol. The summed E-state index contributed by atoms with van der Waals surface area (Å²) < 4.78 is 0. The SMILES string of the molecule is CCC(=O)N[C@@H](CN(CP)C(=O)NCCCCCCNC(=O)N(CC[C@H]1CCC(C)N1C=O)CC(C)NC(=O)C(C)NC)C(=O)N1CCC[C@H]1C(=O)N[C@H]1CCCC1c1ccccc1. The molecule has 17 nitrogen and oxygen atoms in total. The number of hydrogen-bond donors (Lipinski definition) is 6. The molecule has 0 aromatic heterocycles. The zero-order valence-corrected chi connectivity index (χ0v) is 40.1. The van der Waals surface area contributed by atoms with Crippen molar-refractivity contribution >= 4 is 51.3 Å². The van der Waals surface area contributed by atoms with Crippen molar-refractivity contribution in [3.05, 3.63) is 35.9 Å². The summed E-state index contributed by atoms with van der Waals surface area (Å²) in [6.45, 7) is 9.40. The zero-order valence-electron chi connectivity index (χ0n) is 38.9. The molecule has 4 rings (SSSR count). The number of unbranched alkanes of at least 4 members (excludes halogenated alkanes) is 3. The fourth-order valence-corrected chi connectivity index (χ4v) is 9.52. The summed E-state index contributed by atoms with van der Waals surface area (Å²) in [4.78, 5) is 98.1. The minimum absolute atomic E-state index is 0.0100. The predicted octanol–water partition coefficient (Wildman–Crippen LogP) is 3.25. The number of urea groups is 2. The molecule has 3 aliphatic rings. The molecule has 0 bridgehead atoms. The van der Waals surface area contributed by atoms with Gasteiger partial charge in [-0.15, -0.1) is 9.24 Å². The van der Waals surface area contributed by atoms with E-state index >= 15 is 0 Å². The second-order valence-corrected chi connectivity index (χ2v) is 18.2. The Morgan fingerprint density at radius 3 is 2.19 bits per heavy atom. The van der Waals surface area contributed by atoms with E-state index in [0.717, 1.165) is 57.8 Å². The van der Waals surface area contributed by atoms with Crippen LogP contribution in [0, 0.1) is 0 Å². The smallest absolute Gasteiger partial charge is 0.317 e. The van der Waals surface area contributed by atoms with E-state index in [2.05, 4.69) is 53.3 Å². The normalized spacial score (nSPS) is 21.9. The van der Waals surface area contributed by atoms with Gasteiger partial charge < -0.3 is 51.5 Å². The Morgan fingerprint density at radius 1 is 0.859 bits per heavy atom. The highest BCUT2D eigenvalue weighted by atomic mass is 31.0. The van der Waals surface area contributed by atoms with Crippen molar-refractivity contribution in [1.82, 2.24) is 51.5 Å². The van der Waals surface area contributed by atoms with Crippen molar-refractivity contribution in [2.45, 2.75) is 159 Å². The molecule has 2 heterocycles. The molecule has 0 spiro atoms. The molecule has 358 valence electrons. The molecular formula is C46H77N10O7P. The fourth-order valence-electron chi connectivity index (χ4n) is 9.21. The predicted molar refractivity (Wildman–Crippen MR) is 251 cm³/mol. The maximum Gasteiger partial charge on any atom is 0.317 e. The number of amides is 9. The molecule has 6 N–H and O–H groups in total. The van der Waals surface area contributed by atoms with Crippen molar-refractivity contribution in [3.8, 4) is 0 Å². The maximum absolute atomic E-state index is 14.1. The molecule has 64 heavy (non-hydrogen) atoms. The van der Waals surface area contributed by atoms with Crippen LogP contribution in [0.25, 0.3) is 0 Å².